The summed E-state index contributed by atoms with van der Waals surface area (Å²) in [5, 5.41) is 1.40. The van der Waals surface area contributed by atoms with E-state index < -0.39 is 5.91 Å². The van der Waals surface area contributed by atoms with Crippen molar-refractivity contribution in [3.8, 4) is 0 Å². The second-order valence-corrected chi connectivity index (χ2v) is 8.51. The number of benzene rings is 2. The third-order valence-electron chi connectivity index (χ3n) is 4.08. The second-order valence-electron chi connectivity index (χ2n) is 6.43. The van der Waals surface area contributed by atoms with E-state index in [1.165, 1.54) is 0 Å². The number of hydrazine groups is 1. The molecule has 0 spiro atoms. The molecule has 1 aliphatic rings. The van der Waals surface area contributed by atoms with Gasteiger partial charge in [0.2, 0.25) is 0 Å². The first kappa shape index (κ1) is 20.4. The van der Waals surface area contributed by atoms with Crippen LogP contribution in [0.1, 0.15) is 21.5 Å². The van der Waals surface area contributed by atoms with Crippen LogP contribution in [0.2, 0.25) is 5.02 Å². The SMILES string of the molecule is Cc1ccc(C(=O)NN2C(=O)/C(=C\c3ccc(N(C)C)cc3)SC2=S)c(Cl)c1. The smallest absolute Gasteiger partial charge is 0.285 e. The van der Waals surface area contributed by atoms with E-state index in [1.54, 1.807) is 24.3 Å². The van der Waals surface area contributed by atoms with Crippen molar-refractivity contribution < 1.29 is 9.59 Å². The Morgan fingerprint density at radius 1 is 1.21 bits per heavy atom. The van der Waals surface area contributed by atoms with Gasteiger partial charge in [-0.05, 0) is 60.6 Å². The van der Waals surface area contributed by atoms with Crippen molar-refractivity contribution in [1.29, 1.82) is 0 Å². The molecule has 1 saturated heterocycles. The van der Waals surface area contributed by atoms with Crippen LogP contribution >= 0.6 is 35.6 Å². The van der Waals surface area contributed by atoms with Gasteiger partial charge in [-0.15, -0.1) is 0 Å². The minimum atomic E-state index is -0.488. The van der Waals surface area contributed by atoms with Crippen molar-refractivity contribution in [2.45, 2.75) is 6.92 Å². The zero-order chi connectivity index (χ0) is 20.4. The summed E-state index contributed by atoms with van der Waals surface area (Å²) in [6, 6.07) is 12.9. The van der Waals surface area contributed by atoms with Crippen LogP contribution in [-0.2, 0) is 4.79 Å². The second kappa shape index (κ2) is 8.34. The van der Waals surface area contributed by atoms with Crippen LogP contribution in [0.4, 0.5) is 5.69 Å². The lowest BCUT2D eigenvalue weighted by atomic mass is 10.1. The number of hydrogen-bond donors (Lipinski definition) is 1. The number of nitrogens with one attached hydrogen (secondary N) is 1. The molecule has 3 rings (SSSR count). The van der Waals surface area contributed by atoms with Crippen LogP contribution in [-0.4, -0.2) is 35.2 Å². The molecular formula is C20H18ClN3O2S2. The summed E-state index contributed by atoms with van der Waals surface area (Å²) >= 11 is 12.5. The number of halogens is 1. The highest BCUT2D eigenvalue weighted by atomic mass is 35.5. The highest BCUT2D eigenvalue weighted by Gasteiger charge is 2.34. The Kier molecular flexibility index (Phi) is 6.07. The molecule has 0 bridgehead atoms. The monoisotopic (exact) mass is 431 g/mol. The van der Waals surface area contributed by atoms with Crippen LogP contribution in [0.25, 0.3) is 6.08 Å². The number of thioether (sulfide) groups is 1. The van der Waals surface area contributed by atoms with E-state index in [-0.39, 0.29) is 15.8 Å². The molecule has 2 amide bonds. The number of rotatable bonds is 4. The van der Waals surface area contributed by atoms with E-state index in [9.17, 15) is 9.59 Å². The molecule has 8 heteroatoms. The maximum atomic E-state index is 12.7. The van der Waals surface area contributed by atoms with Crippen LogP contribution in [0.15, 0.2) is 47.4 Å². The molecular weight excluding hydrogens is 414 g/mol. The topological polar surface area (TPSA) is 52.7 Å². The Bertz CT molecular complexity index is 987. The van der Waals surface area contributed by atoms with Crippen LogP contribution < -0.4 is 10.3 Å². The molecule has 1 fully saturated rings. The van der Waals surface area contributed by atoms with E-state index in [1.807, 2.05) is 50.2 Å². The lowest BCUT2D eigenvalue weighted by molar-refractivity contribution is -0.123. The first-order chi connectivity index (χ1) is 13.3. The van der Waals surface area contributed by atoms with Gasteiger partial charge >= 0.3 is 0 Å². The van der Waals surface area contributed by atoms with Gasteiger partial charge in [0.25, 0.3) is 11.8 Å². The molecule has 0 saturated carbocycles. The molecule has 144 valence electrons. The Morgan fingerprint density at radius 3 is 2.50 bits per heavy atom. The minimum Gasteiger partial charge on any atom is -0.378 e. The third kappa shape index (κ3) is 4.38. The highest BCUT2D eigenvalue weighted by Crippen LogP contribution is 2.32. The minimum absolute atomic E-state index is 0.262. The normalized spacial score (nSPS) is 15.3. The van der Waals surface area contributed by atoms with E-state index in [2.05, 4.69) is 5.43 Å². The fourth-order valence-corrected chi connectivity index (χ4v) is 4.05. The van der Waals surface area contributed by atoms with E-state index in [4.69, 9.17) is 23.8 Å². The van der Waals surface area contributed by atoms with Crippen molar-refractivity contribution in [3.63, 3.8) is 0 Å². The van der Waals surface area contributed by atoms with Crippen molar-refractivity contribution in [2.24, 2.45) is 0 Å². The van der Waals surface area contributed by atoms with Crippen molar-refractivity contribution in [2.75, 3.05) is 19.0 Å². The lowest BCUT2D eigenvalue weighted by Crippen LogP contribution is -2.44. The molecule has 0 aliphatic carbocycles. The molecule has 1 aliphatic heterocycles. The number of aryl methyl sites for hydroxylation is 1. The fourth-order valence-electron chi connectivity index (χ4n) is 2.55. The fraction of sp³-hybridized carbons (Fsp3) is 0.150. The Hall–Kier alpha value is -2.35. The zero-order valence-corrected chi connectivity index (χ0v) is 17.9. The Labute approximate surface area is 178 Å². The van der Waals surface area contributed by atoms with E-state index in [0.29, 0.717) is 9.93 Å². The average Bonchev–Trinajstić information content (AvgIpc) is 2.89. The summed E-state index contributed by atoms with van der Waals surface area (Å²) < 4.78 is 0.262. The Balaban J connectivity index is 1.76. The zero-order valence-electron chi connectivity index (χ0n) is 15.5. The highest BCUT2D eigenvalue weighted by molar-refractivity contribution is 8.26. The molecule has 0 atom stereocenters. The first-order valence-corrected chi connectivity index (χ1v) is 9.99. The molecule has 0 unspecified atom stereocenters. The van der Waals surface area contributed by atoms with Gasteiger partial charge in [-0.3, -0.25) is 15.0 Å². The first-order valence-electron chi connectivity index (χ1n) is 8.39. The van der Waals surface area contributed by atoms with Crippen molar-refractivity contribution in [1.82, 2.24) is 10.4 Å². The molecule has 2 aromatic carbocycles. The molecule has 2 aromatic rings. The summed E-state index contributed by atoms with van der Waals surface area (Å²) in [4.78, 5) is 27.6. The van der Waals surface area contributed by atoms with E-state index >= 15 is 0 Å². The van der Waals surface area contributed by atoms with Gasteiger partial charge in [0.05, 0.1) is 15.5 Å². The number of anilines is 1. The summed E-state index contributed by atoms with van der Waals surface area (Å²) in [5.74, 6) is -0.860. The molecule has 0 radical (unpaired) electrons. The van der Waals surface area contributed by atoms with Gasteiger partial charge in [0.15, 0.2) is 4.32 Å². The van der Waals surface area contributed by atoms with Crippen LogP contribution in [0.3, 0.4) is 0 Å². The summed E-state index contributed by atoms with van der Waals surface area (Å²) in [5.41, 5.74) is 5.70. The largest absolute Gasteiger partial charge is 0.378 e. The number of hydrogen-bond acceptors (Lipinski definition) is 5. The maximum absolute atomic E-state index is 12.7. The van der Waals surface area contributed by atoms with Gasteiger partial charge in [-0.25, -0.2) is 0 Å². The summed E-state index contributed by atoms with van der Waals surface area (Å²) in [7, 11) is 3.92. The predicted octanol–water partition coefficient (Wildman–Crippen LogP) is 4.26. The number of thiocarbonyl (C=S) groups is 1. The number of amides is 2. The average molecular weight is 432 g/mol. The standard InChI is InChI=1S/C20H18ClN3O2S2/c1-12-4-9-15(16(21)10-12)18(25)22-24-19(26)17(28-20(24)27)11-13-5-7-14(8-6-13)23(2)3/h4-11H,1-3H3,(H,22,25)/b17-11+. The molecule has 28 heavy (non-hydrogen) atoms. The molecule has 1 N–H and O–H groups in total. The number of nitrogens with zero attached hydrogens (tertiary/aromatic N) is 2. The van der Waals surface area contributed by atoms with Gasteiger partial charge in [0, 0.05) is 19.8 Å². The molecule has 0 aromatic heterocycles. The molecule has 1 heterocycles. The maximum Gasteiger partial charge on any atom is 0.285 e. The number of carbonyl (C=O) groups excluding carboxylic acids is 2. The summed E-state index contributed by atoms with van der Waals surface area (Å²) in [6.07, 6.45) is 1.75. The van der Waals surface area contributed by atoms with Gasteiger partial charge in [0.1, 0.15) is 0 Å². The summed E-state index contributed by atoms with van der Waals surface area (Å²) in [6.45, 7) is 1.88. The van der Waals surface area contributed by atoms with Crippen molar-refractivity contribution in [3.05, 3.63) is 69.1 Å². The van der Waals surface area contributed by atoms with Crippen molar-refractivity contribution >= 4 is 63.5 Å². The quantitative estimate of drug-likeness (QED) is 0.579. The predicted molar refractivity (Wildman–Crippen MR) is 119 cm³/mol. The Morgan fingerprint density at radius 2 is 1.89 bits per heavy atom. The molecule has 5 nitrogen and oxygen atoms in total. The van der Waals surface area contributed by atoms with Gasteiger partial charge < -0.3 is 4.90 Å². The van der Waals surface area contributed by atoms with Crippen LogP contribution in [0, 0.1) is 6.92 Å². The van der Waals surface area contributed by atoms with Gasteiger partial charge in [-0.2, -0.15) is 5.01 Å². The van der Waals surface area contributed by atoms with E-state index in [0.717, 1.165) is 33.6 Å². The van der Waals surface area contributed by atoms with Crippen LogP contribution in [0.5, 0.6) is 0 Å². The van der Waals surface area contributed by atoms with Gasteiger partial charge in [-0.1, -0.05) is 41.6 Å². The lowest BCUT2D eigenvalue weighted by Gasteiger charge is -2.16. The number of carbonyl (C=O) groups is 2. The third-order valence-corrected chi connectivity index (χ3v) is 5.70.